The summed E-state index contributed by atoms with van der Waals surface area (Å²) in [5.74, 6) is 3.15. The van der Waals surface area contributed by atoms with Crippen molar-refractivity contribution in [2.24, 2.45) is 28.6 Å². The Morgan fingerprint density at radius 1 is 1.11 bits per heavy atom. The molecule has 4 heteroatoms. The van der Waals surface area contributed by atoms with E-state index in [2.05, 4.69) is 25.8 Å². The second-order valence-corrected chi connectivity index (χ2v) is 10.9. The SMILES string of the molecule is C#C[C@]1(O)CCC2C3CC=C4CC5(CCC4(C)C3[C@@](C)(O)CC21C)OCCO5. The highest BCUT2D eigenvalue weighted by Gasteiger charge is 2.69. The summed E-state index contributed by atoms with van der Waals surface area (Å²) in [5.41, 5.74) is -1.05. The lowest BCUT2D eigenvalue weighted by Crippen LogP contribution is -2.64. The average Bonchev–Trinajstić information content (AvgIpc) is 3.18. The zero-order chi connectivity index (χ0) is 20.0. The van der Waals surface area contributed by atoms with Crippen LogP contribution in [0.4, 0.5) is 0 Å². The summed E-state index contributed by atoms with van der Waals surface area (Å²) in [6.07, 6.45) is 14.0. The van der Waals surface area contributed by atoms with Gasteiger partial charge in [-0.1, -0.05) is 31.4 Å². The summed E-state index contributed by atoms with van der Waals surface area (Å²) in [7, 11) is 0. The minimum Gasteiger partial charge on any atom is -0.390 e. The highest BCUT2D eigenvalue weighted by Crippen LogP contribution is 2.70. The number of allylic oxidation sites excluding steroid dienone is 1. The number of rotatable bonds is 0. The molecule has 1 heterocycles. The summed E-state index contributed by atoms with van der Waals surface area (Å²) >= 11 is 0. The van der Waals surface area contributed by atoms with Crippen LogP contribution in [0.25, 0.3) is 0 Å². The van der Waals surface area contributed by atoms with Crippen LogP contribution in [0, 0.1) is 40.9 Å². The summed E-state index contributed by atoms with van der Waals surface area (Å²) < 4.78 is 12.0. The topological polar surface area (TPSA) is 58.9 Å². The third kappa shape index (κ3) is 2.23. The predicted octanol–water partition coefficient (Wildman–Crippen LogP) is 3.42. The molecule has 5 rings (SSSR count). The van der Waals surface area contributed by atoms with Gasteiger partial charge >= 0.3 is 0 Å². The van der Waals surface area contributed by atoms with Crippen LogP contribution in [0.1, 0.15) is 65.7 Å². The maximum absolute atomic E-state index is 11.8. The maximum Gasteiger partial charge on any atom is 0.172 e. The van der Waals surface area contributed by atoms with E-state index in [1.54, 1.807) is 0 Å². The summed E-state index contributed by atoms with van der Waals surface area (Å²) in [6.45, 7) is 7.81. The van der Waals surface area contributed by atoms with E-state index in [9.17, 15) is 10.2 Å². The van der Waals surface area contributed by atoms with Crippen LogP contribution in [-0.4, -0.2) is 40.4 Å². The molecule has 4 fully saturated rings. The van der Waals surface area contributed by atoms with Crippen molar-refractivity contribution in [1.82, 2.24) is 0 Å². The van der Waals surface area contributed by atoms with Gasteiger partial charge in [0.15, 0.2) is 5.79 Å². The zero-order valence-corrected chi connectivity index (χ0v) is 17.5. The Kier molecular flexibility index (Phi) is 3.85. The molecule has 2 N–H and O–H groups in total. The van der Waals surface area contributed by atoms with Gasteiger partial charge in [0.1, 0.15) is 5.60 Å². The largest absolute Gasteiger partial charge is 0.390 e. The molecule has 4 aliphatic carbocycles. The lowest BCUT2D eigenvalue weighted by atomic mass is 9.43. The second kappa shape index (κ2) is 5.64. The van der Waals surface area contributed by atoms with Crippen molar-refractivity contribution >= 4 is 0 Å². The van der Waals surface area contributed by atoms with Crippen LogP contribution in [0.15, 0.2) is 11.6 Å². The molecule has 5 aliphatic rings. The molecular formula is C24H34O4. The highest BCUT2D eigenvalue weighted by molar-refractivity contribution is 5.32. The van der Waals surface area contributed by atoms with E-state index in [1.807, 2.05) is 6.92 Å². The van der Waals surface area contributed by atoms with Crippen molar-refractivity contribution < 1.29 is 19.7 Å². The molecule has 5 unspecified atom stereocenters. The third-order valence-electron chi connectivity index (χ3n) is 9.51. The molecule has 3 saturated carbocycles. The lowest BCUT2D eigenvalue weighted by Gasteiger charge is -2.64. The fourth-order valence-electron chi connectivity index (χ4n) is 8.36. The van der Waals surface area contributed by atoms with Crippen molar-refractivity contribution in [2.45, 2.75) is 82.7 Å². The Morgan fingerprint density at radius 3 is 2.50 bits per heavy atom. The quantitative estimate of drug-likeness (QED) is 0.495. The highest BCUT2D eigenvalue weighted by atomic mass is 16.7. The van der Waals surface area contributed by atoms with Crippen molar-refractivity contribution in [3.63, 3.8) is 0 Å². The smallest absolute Gasteiger partial charge is 0.172 e. The van der Waals surface area contributed by atoms with Crippen LogP contribution in [-0.2, 0) is 9.47 Å². The molecule has 0 radical (unpaired) electrons. The van der Waals surface area contributed by atoms with Crippen molar-refractivity contribution in [3.05, 3.63) is 11.6 Å². The Bertz CT molecular complexity index is 757. The van der Waals surface area contributed by atoms with Gasteiger partial charge in [-0.25, -0.2) is 0 Å². The molecule has 0 aromatic rings. The summed E-state index contributed by atoms with van der Waals surface area (Å²) in [4.78, 5) is 0. The maximum atomic E-state index is 11.8. The van der Waals surface area contributed by atoms with Gasteiger partial charge in [-0.15, -0.1) is 6.42 Å². The fourth-order valence-corrected chi connectivity index (χ4v) is 8.36. The molecule has 154 valence electrons. The van der Waals surface area contributed by atoms with Crippen LogP contribution in [0.5, 0.6) is 0 Å². The predicted molar refractivity (Wildman–Crippen MR) is 106 cm³/mol. The van der Waals surface area contributed by atoms with Gasteiger partial charge in [0.2, 0.25) is 0 Å². The molecule has 0 aromatic carbocycles. The number of hydrogen-bond donors (Lipinski definition) is 2. The molecule has 0 amide bonds. The van der Waals surface area contributed by atoms with Crippen LogP contribution < -0.4 is 0 Å². The molecule has 1 aliphatic heterocycles. The zero-order valence-electron chi connectivity index (χ0n) is 17.5. The Hall–Kier alpha value is -0.860. The minimum absolute atomic E-state index is 0.0504. The second-order valence-electron chi connectivity index (χ2n) is 10.9. The van der Waals surface area contributed by atoms with Crippen LogP contribution >= 0.6 is 0 Å². The Morgan fingerprint density at radius 2 is 1.82 bits per heavy atom. The molecule has 0 bridgehead atoms. The lowest BCUT2D eigenvalue weighted by molar-refractivity contribution is -0.218. The van der Waals surface area contributed by atoms with Gasteiger partial charge in [-0.05, 0) is 62.2 Å². The standard InChI is InChI=1S/C24H34O4/c1-5-23(26)9-8-18-17-7-6-16-14-24(27-12-13-28-24)11-10-20(16,2)19(17)22(4,25)15-21(18,23)3/h1,6,17-19,25-26H,7-15H2,2-4H3/t17?,18?,19?,20?,21?,22-,23-/m0/s1. The van der Waals surface area contributed by atoms with E-state index < -0.39 is 22.4 Å². The number of hydrogen-bond acceptors (Lipinski definition) is 4. The van der Waals surface area contributed by atoms with E-state index in [0.717, 1.165) is 32.1 Å². The molecule has 28 heavy (non-hydrogen) atoms. The molecule has 4 nitrogen and oxygen atoms in total. The molecular weight excluding hydrogens is 352 g/mol. The first-order valence-corrected chi connectivity index (χ1v) is 11.0. The molecule has 7 atom stereocenters. The van der Waals surface area contributed by atoms with Crippen LogP contribution in [0.2, 0.25) is 0 Å². The van der Waals surface area contributed by atoms with Gasteiger partial charge in [0.05, 0.1) is 18.8 Å². The van der Waals surface area contributed by atoms with E-state index in [1.165, 1.54) is 5.57 Å². The monoisotopic (exact) mass is 386 g/mol. The van der Waals surface area contributed by atoms with Crippen molar-refractivity contribution in [3.8, 4) is 12.3 Å². The van der Waals surface area contributed by atoms with E-state index >= 15 is 0 Å². The number of fused-ring (bicyclic) bond motifs is 5. The van der Waals surface area contributed by atoms with Crippen molar-refractivity contribution in [1.29, 1.82) is 0 Å². The normalized spacial score (nSPS) is 54.4. The van der Waals surface area contributed by atoms with Gasteiger partial charge in [-0.3, -0.25) is 0 Å². The number of terminal acetylenes is 1. The first-order chi connectivity index (χ1) is 13.1. The number of aliphatic hydroxyl groups is 2. The molecule has 1 spiro atoms. The Labute approximate surface area is 168 Å². The van der Waals surface area contributed by atoms with Gasteiger partial charge in [-0.2, -0.15) is 0 Å². The average molecular weight is 387 g/mol. The van der Waals surface area contributed by atoms with E-state index in [0.29, 0.717) is 37.9 Å². The minimum atomic E-state index is -1.11. The van der Waals surface area contributed by atoms with Crippen molar-refractivity contribution in [2.75, 3.05) is 13.2 Å². The van der Waals surface area contributed by atoms with E-state index in [4.69, 9.17) is 15.9 Å². The Balaban J connectivity index is 1.55. The first-order valence-electron chi connectivity index (χ1n) is 11.0. The van der Waals surface area contributed by atoms with Gasteiger partial charge in [0.25, 0.3) is 0 Å². The van der Waals surface area contributed by atoms with E-state index in [-0.39, 0.29) is 11.3 Å². The fraction of sp³-hybridized carbons (Fsp3) is 0.833. The first kappa shape index (κ1) is 19.1. The number of ether oxygens (including phenoxy) is 2. The summed E-state index contributed by atoms with van der Waals surface area (Å²) in [5, 5.41) is 23.0. The molecule has 1 saturated heterocycles. The van der Waals surface area contributed by atoms with Gasteiger partial charge in [0, 0.05) is 18.3 Å². The van der Waals surface area contributed by atoms with Gasteiger partial charge < -0.3 is 19.7 Å². The third-order valence-corrected chi connectivity index (χ3v) is 9.51. The summed E-state index contributed by atoms with van der Waals surface area (Å²) in [6, 6.07) is 0. The van der Waals surface area contributed by atoms with Crippen LogP contribution in [0.3, 0.4) is 0 Å². The molecule has 0 aromatic heterocycles.